The van der Waals surface area contributed by atoms with Crippen LogP contribution in [0.3, 0.4) is 0 Å². The van der Waals surface area contributed by atoms with Gasteiger partial charge in [-0.15, -0.1) is 34.8 Å². The van der Waals surface area contributed by atoms with E-state index in [1.54, 1.807) is 0 Å². The lowest BCUT2D eigenvalue weighted by atomic mass is 10.1. The fourth-order valence-corrected chi connectivity index (χ4v) is 2.08. The van der Waals surface area contributed by atoms with E-state index in [2.05, 4.69) is 6.58 Å². The summed E-state index contributed by atoms with van der Waals surface area (Å²) >= 11 is 17.8. The first-order valence-corrected chi connectivity index (χ1v) is 7.65. The van der Waals surface area contributed by atoms with E-state index in [-0.39, 0.29) is 17.4 Å². The van der Waals surface area contributed by atoms with Crippen molar-refractivity contribution in [1.82, 2.24) is 0 Å². The van der Waals surface area contributed by atoms with Crippen molar-refractivity contribution < 1.29 is 9.53 Å². The number of hydrogen-bond donors (Lipinski definition) is 0. The second-order valence-electron chi connectivity index (χ2n) is 4.11. The SMILES string of the molecule is C=CC(=O)OCC(Cl)C(Cl)CCCCCCCCl. The number of rotatable bonds is 11. The first-order chi connectivity index (χ1) is 8.61. The van der Waals surface area contributed by atoms with Gasteiger partial charge >= 0.3 is 5.97 Å². The van der Waals surface area contributed by atoms with E-state index < -0.39 is 5.97 Å². The zero-order chi connectivity index (χ0) is 13.8. The number of ether oxygens (including phenoxy) is 1. The summed E-state index contributed by atoms with van der Waals surface area (Å²) in [5.74, 6) is 0.266. The normalized spacial score (nSPS) is 13.9. The summed E-state index contributed by atoms with van der Waals surface area (Å²) in [4.78, 5) is 10.8. The molecule has 2 unspecified atom stereocenters. The molecule has 0 amide bonds. The van der Waals surface area contributed by atoms with Crippen LogP contribution in [0, 0.1) is 0 Å². The first-order valence-electron chi connectivity index (χ1n) is 6.25. The highest BCUT2D eigenvalue weighted by molar-refractivity contribution is 6.30. The second-order valence-corrected chi connectivity index (χ2v) is 5.61. The topological polar surface area (TPSA) is 26.3 Å². The third kappa shape index (κ3) is 10.0. The molecular weight excluding hydrogens is 294 g/mol. The van der Waals surface area contributed by atoms with Gasteiger partial charge in [0.15, 0.2) is 0 Å². The van der Waals surface area contributed by atoms with Crippen LogP contribution in [-0.2, 0) is 9.53 Å². The van der Waals surface area contributed by atoms with Crippen LogP contribution in [0.5, 0.6) is 0 Å². The maximum atomic E-state index is 10.8. The third-order valence-electron chi connectivity index (χ3n) is 2.56. The Hall–Kier alpha value is 0.0800. The Morgan fingerprint density at radius 1 is 1.11 bits per heavy atom. The largest absolute Gasteiger partial charge is 0.461 e. The van der Waals surface area contributed by atoms with E-state index in [1.807, 2.05) is 0 Å². The molecule has 2 nitrogen and oxygen atoms in total. The van der Waals surface area contributed by atoms with Crippen molar-refractivity contribution >= 4 is 40.8 Å². The molecule has 0 aromatic carbocycles. The van der Waals surface area contributed by atoms with Crippen LogP contribution in [0.15, 0.2) is 12.7 Å². The highest BCUT2D eigenvalue weighted by atomic mass is 35.5. The molecule has 0 radical (unpaired) electrons. The Morgan fingerprint density at radius 3 is 2.33 bits per heavy atom. The number of unbranched alkanes of at least 4 members (excludes halogenated alkanes) is 4. The van der Waals surface area contributed by atoms with Gasteiger partial charge in [-0.05, 0) is 12.8 Å². The van der Waals surface area contributed by atoms with E-state index >= 15 is 0 Å². The van der Waals surface area contributed by atoms with E-state index in [4.69, 9.17) is 39.5 Å². The van der Waals surface area contributed by atoms with Crippen molar-refractivity contribution in [2.45, 2.75) is 49.3 Å². The molecule has 18 heavy (non-hydrogen) atoms. The van der Waals surface area contributed by atoms with Gasteiger partial charge in [0.1, 0.15) is 6.61 Å². The highest BCUT2D eigenvalue weighted by Gasteiger charge is 2.17. The van der Waals surface area contributed by atoms with Crippen molar-refractivity contribution in [3.05, 3.63) is 12.7 Å². The molecule has 5 heteroatoms. The lowest BCUT2D eigenvalue weighted by Gasteiger charge is -2.15. The van der Waals surface area contributed by atoms with Crippen LogP contribution in [0.2, 0.25) is 0 Å². The molecular formula is C13H21Cl3O2. The van der Waals surface area contributed by atoms with E-state index in [9.17, 15) is 4.79 Å². The number of carbonyl (C=O) groups excluding carboxylic acids is 1. The van der Waals surface area contributed by atoms with Gasteiger partial charge in [0.05, 0.1) is 10.8 Å². The van der Waals surface area contributed by atoms with Crippen LogP contribution < -0.4 is 0 Å². The molecule has 0 aliphatic rings. The minimum absolute atomic E-state index is 0.132. The summed E-state index contributed by atoms with van der Waals surface area (Å²) < 4.78 is 4.85. The molecule has 0 aromatic rings. The number of hydrogen-bond acceptors (Lipinski definition) is 2. The molecule has 0 spiro atoms. The fraction of sp³-hybridized carbons (Fsp3) is 0.769. The first kappa shape index (κ1) is 18.1. The molecule has 0 aromatic heterocycles. The molecule has 0 heterocycles. The average Bonchev–Trinajstić information content (AvgIpc) is 2.39. The standard InChI is InChI=1S/C13H21Cl3O2/c1-2-13(17)18-10-12(16)11(15)8-6-4-3-5-7-9-14/h2,11-12H,1,3-10H2. The van der Waals surface area contributed by atoms with Gasteiger partial charge in [-0.3, -0.25) is 0 Å². The van der Waals surface area contributed by atoms with Gasteiger partial charge in [-0.1, -0.05) is 32.3 Å². The smallest absolute Gasteiger partial charge is 0.330 e. The molecule has 0 fully saturated rings. The summed E-state index contributed by atoms with van der Waals surface area (Å²) in [6.07, 6.45) is 7.53. The summed E-state index contributed by atoms with van der Waals surface area (Å²) in [5, 5.41) is -0.518. The molecule has 0 aliphatic carbocycles. The van der Waals surface area contributed by atoms with E-state index in [1.165, 1.54) is 6.42 Å². The van der Waals surface area contributed by atoms with Crippen molar-refractivity contribution in [2.75, 3.05) is 12.5 Å². The summed E-state index contributed by atoms with van der Waals surface area (Å²) in [7, 11) is 0. The number of esters is 1. The maximum Gasteiger partial charge on any atom is 0.330 e. The van der Waals surface area contributed by atoms with Crippen LogP contribution in [0.4, 0.5) is 0 Å². The van der Waals surface area contributed by atoms with Gasteiger partial charge < -0.3 is 4.74 Å². The summed E-state index contributed by atoms with van der Waals surface area (Å²) in [6.45, 7) is 3.44. The fourth-order valence-electron chi connectivity index (χ4n) is 1.47. The van der Waals surface area contributed by atoms with Crippen LogP contribution >= 0.6 is 34.8 Å². The predicted molar refractivity (Wildman–Crippen MR) is 78.9 cm³/mol. The van der Waals surface area contributed by atoms with Gasteiger partial charge in [-0.2, -0.15) is 0 Å². The van der Waals surface area contributed by atoms with Gasteiger partial charge in [0.25, 0.3) is 0 Å². The molecule has 0 aliphatic heterocycles. The molecule has 106 valence electrons. The Kier molecular flexibility index (Phi) is 12.2. The minimum Gasteiger partial charge on any atom is -0.461 e. The zero-order valence-electron chi connectivity index (χ0n) is 10.5. The highest BCUT2D eigenvalue weighted by Crippen LogP contribution is 2.18. The number of alkyl halides is 3. The minimum atomic E-state index is -0.467. The van der Waals surface area contributed by atoms with Crippen LogP contribution in [-0.4, -0.2) is 29.2 Å². The van der Waals surface area contributed by atoms with Crippen molar-refractivity contribution in [2.24, 2.45) is 0 Å². The Morgan fingerprint density at radius 2 is 1.72 bits per heavy atom. The molecule has 0 rings (SSSR count). The van der Waals surface area contributed by atoms with Crippen molar-refractivity contribution in [3.63, 3.8) is 0 Å². The average molecular weight is 316 g/mol. The lowest BCUT2D eigenvalue weighted by Crippen LogP contribution is -2.22. The molecule has 0 saturated carbocycles. The summed E-state index contributed by atoms with van der Waals surface area (Å²) in [5.41, 5.74) is 0. The quantitative estimate of drug-likeness (QED) is 0.243. The van der Waals surface area contributed by atoms with E-state index in [0.717, 1.165) is 44.1 Å². The summed E-state index contributed by atoms with van der Waals surface area (Å²) in [6, 6.07) is 0. The number of halogens is 3. The Bertz CT molecular complexity index is 234. The maximum absolute atomic E-state index is 10.8. The molecule has 0 saturated heterocycles. The molecule has 0 bridgehead atoms. The molecule has 0 N–H and O–H groups in total. The lowest BCUT2D eigenvalue weighted by molar-refractivity contribution is -0.137. The van der Waals surface area contributed by atoms with Gasteiger partial charge in [-0.25, -0.2) is 4.79 Å². The van der Waals surface area contributed by atoms with E-state index in [0.29, 0.717) is 0 Å². The Balaban J connectivity index is 3.52. The van der Waals surface area contributed by atoms with Crippen molar-refractivity contribution in [1.29, 1.82) is 0 Å². The monoisotopic (exact) mass is 314 g/mol. The van der Waals surface area contributed by atoms with Gasteiger partial charge in [0, 0.05) is 12.0 Å². The van der Waals surface area contributed by atoms with Crippen molar-refractivity contribution in [3.8, 4) is 0 Å². The third-order valence-corrected chi connectivity index (χ3v) is 3.91. The Labute approximate surface area is 125 Å². The second kappa shape index (κ2) is 12.1. The molecule has 2 atom stereocenters. The van der Waals surface area contributed by atoms with Crippen LogP contribution in [0.25, 0.3) is 0 Å². The zero-order valence-corrected chi connectivity index (χ0v) is 12.8. The predicted octanol–water partition coefficient (Wildman–Crippen LogP) is 4.51. The van der Waals surface area contributed by atoms with Crippen LogP contribution in [0.1, 0.15) is 38.5 Å². The van der Waals surface area contributed by atoms with Gasteiger partial charge in [0.2, 0.25) is 0 Å². The number of carbonyl (C=O) groups is 1.